The van der Waals surface area contributed by atoms with Gasteiger partial charge in [0.15, 0.2) is 5.82 Å². The highest BCUT2D eigenvalue weighted by atomic mass is 32.2. The van der Waals surface area contributed by atoms with Gasteiger partial charge in [-0.1, -0.05) is 12.1 Å². The first-order chi connectivity index (χ1) is 7.72. The third-order valence-corrected chi connectivity index (χ3v) is 4.44. The predicted molar refractivity (Wildman–Crippen MR) is 65.4 cm³/mol. The lowest BCUT2D eigenvalue weighted by Crippen LogP contribution is -2.24. The molecule has 16 heavy (non-hydrogen) atoms. The molecule has 1 aliphatic rings. The lowest BCUT2D eigenvalue weighted by Gasteiger charge is -2.13. The quantitative estimate of drug-likeness (QED) is 0.877. The monoisotopic (exact) mass is 241 g/mol. The highest BCUT2D eigenvalue weighted by molar-refractivity contribution is 7.99. The molecule has 2 heterocycles. The summed E-state index contributed by atoms with van der Waals surface area (Å²) in [6.45, 7) is 4.09. The fourth-order valence-electron chi connectivity index (χ4n) is 2.08. The first-order valence-corrected chi connectivity index (χ1v) is 6.98. The zero-order valence-corrected chi connectivity index (χ0v) is 10.7. The van der Waals surface area contributed by atoms with Crippen LogP contribution in [0.25, 0.3) is 0 Å². The maximum Gasteiger partial charge on any atom is 0.231 e. The summed E-state index contributed by atoms with van der Waals surface area (Å²) in [5.74, 6) is 2.96. The summed E-state index contributed by atoms with van der Waals surface area (Å²) in [4.78, 5) is 4.51. The Morgan fingerprint density at radius 2 is 2.44 bits per heavy atom. The predicted octanol–water partition coefficient (Wildman–Crippen LogP) is 2.48. The molecular weight excluding hydrogens is 222 g/mol. The van der Waals surface area contributed by atoms with E-state index >= 15 is 0 Å². The third kappa shape index (κ3) is 2.40. The van der Waals surface area contributed by atoms with E-state index in [1.165, 1.54) is 18.6 Å². The van der Waals surface area contributed by atoms with Crippen LogP contribution in [0.3, 0.4) is 0 Å². The molecule has 0 aliphatic carbocycles. The maximum atomic E-state index is 5.91. The minimum Gasteiger partial charge on any atom is -0.339 e. The molecule has 0 spiro atoms. The number of thioether (sulfide) groups is 1. The molecule has 2 N–H and O–H groups in total. The van der Waals surface area contributed by atoms with Gasteiger partial charge in [0, 0.05) is 6.04 Å². The SMILES string of the molecule is CCC(c1nc(C2CCCS2)no1)C(C)N. The van der Waals surface area contributed by atoms with E-state index in [1.807, 2.05) is 18.7 Å². The van der Waals surface area contributed by atoms with Crippen LogP contribution in [0.2, 0.25) is 0 Å². The zero-order valence-electron chi connectivity index (χ0n) is 9.85. The molecule has 3 atom stereocenters. The second-order valence-corrected chi connectivity index (χ2v) is 5.68. The Balaban J connectivity index is 2.11. The third-order valence-electron chi connectivity index (χ3n) is 3.07. The van der Waals surface area contributed by atoms with Gasteiger partial charge in [-0.25, -0.2) is 0 Å². The standard InChI is InChI=1S/C11H19N3OS/c1-3-8(7(2)12)11-13-10(14-15-11)9-5-4-6-16-9/h7-9H,3-6,12H2,1-2H3. The second-order valence-electron chi connectivity index (χ2n) is 4.37. The van der Waals surface area contributed by atoms with Crippen LogP contribution in [0.5, 0.6) is 0 Å². The van der Waals surface area contributed by atoms with Crippen molar-refractivity contribution in [3.63, 3.8) is 0 Å². The fourth-order valence-corrected chi connectivity index (χ4v) is 3.28. The van der Waals surface area contributed by atoms with Crippen LogP contribution < -0.4 is 5.73 Å². The van der Waals surface area contributed by atoms with E-state index in [9.17, 15) is 0 Å². The van der Waals surface area contributed by atoms with Crippen LogP contribution in [0.1, 0.15) is 56.0 Å². The molecule has 1 aromatic heterocycles. The van der Waals surface area contributed by atoms with Crippen LogP contribution in [-0.2, 0) is 0 Å². The minimum atomic E-state index is 0.0644. The molecule has 3 unspecified atom stereocenters. The highest BCUT2D eigenvalue weighted by Crippen LogP contribution is 2.38. The van der Waals surface area contributed by atoms with E-state index in [4.69, 9.17) is 10.3 Å². The van der Waals surface area contributed by atoms with Crippen molar-refractivity contribution >= 4 is 11.8 Å². The Morgan fingerprint density at radius 1 is 1.62 bits per heavy atom. The van der Waals surface area contributed by atoms with Gasteiger partial charge in [0.25, 0.3) is 0 Å². The summed E-state index contributed by atoms with van der Waals surface area (Å²) < 4.78 is 5.34. The number of nitrogens with zero attached hydrogens (tertiary/aromatic N) is 2. The van der Waals surface area contributed by atoms with Gasteiger partial charge in [-0.15, -0.1) is 0 Å². The van der Waals surface area contributed by atoms with Crippen LogP contribution in [0.4, 0.5) is 0 Å². The number of rotatable bonds is 4. The van der Waals surface area contributed by atoms with Gasteiger partial charge in [-0.2, -0.15) is 16.7 Å². The second kappa shape index (κ2) is 5.19. The summed E-state index contributed by atoms with van der Waals surface area (Å²) in [5, 5.41) is 4.52. The average molecular weight is 241 g/mol. The largest absolute Gasteiger partial charge is 0.339 e. The Labute approximate surface area is 100 Å². The molecule has 1 aromatic rings. The number of aromatic nitrogens is 2. The molecule has 2 rings (SSSR count). The van der Waals surface area contributed by atoms with Crippen LogP contribution in [-0.4, -0.2) is 21.9 Å². The van der Waals surface area contributed by atoms with E-state index < -0.39 is 0 Å². The number of nitrogens with two attached hydrogens (primary N) is 1. The molecule has 1 saturated heterocycles. The molecule has 4 nitrogen and oxygen atoms in total. The number of hydrogen-bond acceptors (Lipinski definition) is 5. The molecule has 5 heteroatoms. The van der Waals surface area contributed by atoms with Gasteiger partial charge < -0.3 is 10.3 Å². The van der Waals surface area contributed by atoms with Crippen molar-refractivity contribution in [2.75, 3.05) is 5.75 Å². The summed E-state index contributed by atoms with van der Waals surface area (Å²) in [6.07, 6.45) is 3.36. The topological polar surface area (TPSA) is 64.9 Å². The molecule has 0 radical (unpaired) electrons. The maximum absolute atomic E-state index is 5.91. The van der Waals surface area contributed by atoms with E-state index in [0.29, 0.717) is 11.1 Å². The molecule has 0 aromatic carbocycles. The molecule has 0 saturated carbocycles. The Morgan fingerprint density at radius 3 is 3.00 bits per heavy atom. The zero-order chi connectivity index (χ0) is 11.5. The molecule has 1 fully saturated rings. The van der Waals surface area contributed by atoms with Crippen LogP contribution in [0, 0.1) is 0 Å². The van der Waals surface area contributed by atoms with Crippen molar-refractivity contribution in [3.8, 4) is 0 Å². The number of hydrogen-bond donors (Lipinski definition) is 1. The van der Waals surface area contributed by atoms with Gasteiger partial charge in [0.05, 0.1) is 11.2 Å². The van der Waals surface area contributed by atoms with Gasteiger partial charge in [-0.05, 0) is 31.9 Å². The van der Waals surface area contributed by atoms with Crippen molar-refractivity contribution in [2.24, 2.45) is 5.73 Å². The van der Waals surface area contributed by atoms with Crippen molar-refractivity contribution in [1.82, 2.24) is 10.1 Å². The lowest BCUT2D eigenvalue weighted by atomic mass is 9.99. The van der Waals surface area contributed by atoms with Crippen LogP contribution in [0.15, 0.2) is 4.52 Å². The van der Waals surface area contributed by atoms with Crippen molar-refractivity contribution in [3.05, 3.63) is 11.7 Å². The summed E-state index contributed by atoms with van der Waals surface area (Å²) in [6, 6.07) is 0.0644. The first-order valence-electron chi connectivity index (χ1n) is 5.93. The molecule has 90 valence electrons. The lowest BCUT2D eigenvalue weighted by molar-refractivity contribution is 0.331. The normalized spacial score (nSPS) is 24.6. The summed E-state index contributed by atoms with van der Waals surface area (Å²) in [7, 11) is 0. The van der Waals surface area contributed by atoms with Crippen molar-refractivity contribution < 1.29 is 4.52 Å². The van der Waals surface area contributed by atoms with Crippen LogP contribution >= 0.6 is 11.8 Å². The van der Waals surface area contributed by atoms with E-state index in [2.05, 4.69) is 17.1 Å². The first kappa shape index (κ1) is 11.9. The Hall–Kier alpha value is -0.550. The fraction of sp³-hybridized carbons (Fsp3) is 0.818. The summed E-state index contributed by atoms with van der Waals surface area (Å²) >= 11 is 1.92. The van der Waals surface area contributed by atoms with Gasteiger partial charge in [0.1, 0.15) is 0 Å². The van der Waals surface area contributed by atoms with Crippen molar-refractivity contribution in [2.45, 2.75) is 50.3 Å². The molecular formula is C11H19N3OS. The van der Waals surface area contributed by atoms with Crippen molar-refractivity contribution in [1.29, 1.82) is 0 Å². The molecule has 1 aliphatic heterocycles. The van der Waals surface area contributed by atoms with E-state index in [1.54, 1.807) is 0 Å². The molecule has 0 bridgehead atoms. The van der Waals surface area contributed by atoms with Gasteiger partial charge >= 0.3 is 0 Å². The van der Waals surface area contributed by atoms with Gasteiger partial charge in [-0.3, -0.25) is 0 Å². The molecule has 0 amide bonds. The Bertz CT molecular complexity index is 334. The summed E-state index contributed by atoms with van der Waals surface area (Å²) in [5.41, 5.74) is 5.91. The Kier molecular flexibility index (Phi) is 3.86. The van der Waals surface area contributed by atoms with E-state index in [0.717, 1.165) is 12.2 Å². The highest BCUT2D eigenvalue weighted by Gasteiger charge is 2.26. The van der Waals surface area contributed by atoms with E-state index in [-0.39, 0.29) is 12.0 Å². The van der Waals surface area contributed by atoms with Gasteiger partial charge in [0.2, 0.25) is 5.89 Å². The smallest absolute Gasteiger partial charge is 0.231 e. The average Bonchev–Trinajstić information content (AvgIpc) is 2.86. The minimum absolute atomic E-state index is 0.0644.